The second kappa shape index (κ2) is 8.17. The van der Waals surface area contributed by atoms with Crippen LogP contribution in [0.3, 0.4) is 0 Å². The lowest BCUT2D eigenvalue weighted by Gasteiger charge is -2.32. The third-order valence-electron chi connectivity index (χ3n) is 6.50. The lowest BCUT2D eigenvalue weighted by atomic mass is 9.92. The first kappa shape index (κ1) is 18.7. The average Bonchev–Trinajstić information content (AvgIpc) is 3.38. The van der Waals surface area contributed by atoms with E-state index in [1.54, 1.807) is 0 Å². The SMILES string of the molecule is CN1CCN(CCOc2ccc(NC(=O)C3CC34CCNCC4)cc2)CC1. The van der Waals surface area contributed by atoms with Crippen molar-refractivity contribution in [2.75, 3.05) is 64.8 Å². The Bertz CT molecular complexity index is 634. The maximum Gasteiger partial charge on any atom is 0.228 e. The standard InChI is InChI=1S/C21H32N4O2/c1-24-10-12-25(13-11-24)14-15-27-18-4-2-17(3-5-18)23-20(26)19-16-21(19)6-8-22-9-7-21/h2-5,19,22H,6-16H2,1H3,(H,23,26). The number of amides is 1. The Balaban J connectivity index is 1.19. The van der Waals surface area contributed by atoms with Gasteiger partial charge in [-0.2, -0.15) is 0 Å². The minimum Gasteiger partial charge on any atom is -0.492 e. The van der Waals surface area contributed by atoms with Crippen molar-refractivity contribution < 1.29 is 9.53 Å². The molecule has 1 saturated carbocycles. The third kappa shape index (κ3) is 4.62. The summed E-state index contributed by atoms with van der Waals surface area (Å²) in [4.78, 5) is 17.3. The van der Waals surface area contributed by atoms with E-state index in [1.165, 1.54) is 0 Å². The lowest BCUT2D eigenvalue weighted by molar-refractivity contribution is -0.118. The molecule has 1 aliphatic carbocycles. The molecule has 3 aliphatic rings. The summed E-state index contributed by atoms with van der Waals surface area (Å²) >= 11 is 0. The predicted molar refractivity (Wildman–Crippen MR) is 107 cm³/mol. The number of likely N-dealkylation sites (N-methyl/N-ethyl adjacent to an activating group) is 1. The van der Waals surface area contributed by atoms with Gasteiger partial charge in [-0.15, -0.1) is 0 Å². The van der Waals surface area contributed by atoms with Gasteiger partial charge in [-0.1, -0.05) is 0 Å². The second-order valence-corrected chi connectivity index (χ2v) is 8.38. The van der Waals surface area contributed by atoms with E-state index >= 15 is 0 Å². The summed E-state index contributed by atoms with van der Waals surface area (Å²) in [6.07, 6.45) is 3.31. The van der Waals surface area contributed by atoms with Crippen LogP contribution < -0.4 is 15.4 Å². The first-order valence-electron chi connectivity index (χ1n) is 10.3. The summed E-state index contributed by atoms with van der Waals surface area (Å²) in [5.41, 5.74) is 1.14. The fourth-order valence-electron chi connectivity index (χ4n) is 4.42. The Kier molecular flexibility index (Phi) is 5.66. The zero-order chi connectivity index (χ0) is 18.7. The summed E-state index contributed by atoms with van der Waals surface area (Å²) < 4.78 is 5.87. The minimum atomic E-state index is 0.181. The van der Waals surface area contributed by atoms with E-state index in [-0.39, 0.29) is 17.2 Å². The predicted octanol–water partition coefficient (Wildman–Crippen LogP) is 1.64. The van der Waals surface area contributed by atoms with Crippen LogP contribution in [0, 0.1) is 11.3 Å². The van der Waals surface area contributed by atoms with Gasteiger partial charge < -0.3 is 20.3 Å². The van der Waals surface area contributed by atoms with Crippen molar-refractivity contribution in [3.8, 4) is 5.75 Å². The topological polar surface area (TPSA) is 56.8 Å². The van der Waals surface area contributed by atoms with E-state index in [1.807, 2.05) is 24.3 Å². The number of hydrogen-bond donors (Lipinski definition) is 2. The normalized spacial score (nSPS) is 25.3. The first-order valence-corrected chi connectivity index (χ1v) is 10.3. The van der Waals surface area contributed by atoms with Gasteiger partial charge in [0.2, 0.25) is 5.91 Å². The molecule has 1 aromatic rings. The monoisotopic (exact) mass is 372 g/mol. The molecule has 1 unspecified atom stereocenters. The molecule has 1 amide bonds. The molecule has 4 rings (SSSR count). The highest BCUT2D eigenvalue weighted by molar-refractivity contribution is 5.95. The van der Waals surface area contributed by atoms with Gasteiger partial charge in [0.05, 0.1) is 0 Å². The van der Waals surface area contributed by atoms with Crippen molar-refractivity contribution in [1.82, 2.24) is 15.1 Å². The molecular weight excluding hydrogens is 340 g/mol. The van der Waals surface area contributed by atoms with Crippen molar-refractivity contribution in [2.24, 2.45) is 11.3 Å². The number of hydrogen-bond acceptors (Lipinski definition) is 5. The second-order valence-electron chi connectivity index (χ2n) is 8.38. The molecule has 2 heterocycles. The number of benzene rings is 1. The number of anilines is 1. The number of rotatable bonds is 6. The molecule has 3 fully saturated rings. The van der Waals surface area contributed by atoms with Crippen LogP contribution in [0.15, 0.2) is 24.3 Å². The van der Waals surface area contributed by atoms with Gasteiger partial charge in [0.25, 0.3) is 0 Å². The highest BCUT2D eigenvalue weighted by atomic mass is 16.5. The highest BCUT2D eigenvalue weighted by Gasteiger charge is 2.57. The Morgan fingerprint density at radius 1 is 1.19 bits per heavy atom. The largest absolute Gasteiger partial charge is 0.492 e. The molecule has 2 saturated heterocycles. The number of nitrogens with one attached hydrogen (secondary N) is 2. The van der Waals surface area contributed by atoms with Gasteiger partial charge in [-0.05, 0) is 69.1 Å². The molecule has 0 aromatic heterocycles. The van der Waals surface area contributed by atoms with Crippen LogP contribution in [0.1, 0.15) is 19.3 Å². The molecule has 1 aromatic carbocycles. The molecule has 1 spiro atoms. The number of carbonyl (C=O) groups excluding carboxylic acids is 1. The van der Waals surface area contributed by atoms with E-state index in [0.717, 1.165) is 76.5 Å². The van der Waals surface area contributed by atoms with Gasteiger partial charge in [-0.25, -0.2) is 0 Å². The van der Waals surface area contributed by atoms with Crippen LogP contribution in [0.25, 0.3) is 0 Å². The van der Waals surface area contributed by atoms with Crippen LogP contribution in [0.2, 0.25) is 0 Å². The third-order valence-corrected chi connectivity index (χ3v) is 6.50. The molecular formula is C21H32N4O2. The molecule has 6 heteroatoms. The van der Waals surface area contributed by atoms with Crippen molar-refractivity contribution in [3.05, 3.63) is 24.3 Å². The number of nitrogens with zero attached hydrogens (tertiary/aromatic N) is 2. The first-order chi connectivity index (χ1) is 13.1. The van der Waals surface area contributed by atoms with Gasteiger partial charge >= 0.3 is 0 Å². The van der Waals surface area contributed by atoms with Crippen molar-refractivity contribution in [1.29, 1.82) is 0 Å². The summed E-state index contributed by atoms with van der Waals surface area (Å²) in [7, 11) is 2.17. The number of ether oxygens (including phenoxy) is 1. The van der Waals surface area contributed by atoms with Gasteiger partial charge in [0.15, 0.2) is 0 Å². The van der Waals surface area contributed by atoms with Crippen LogP contribution >= 0.6 is 0 Å². The number of carbonyl (C=O) groups is 1. The van der Waals surface area contributed by atoms with Crippen LogP contribution in [0.5, 0.6) is 5.75 Å². The molecule has 6 nitrogen and oxygen atoms in total. The minimum absolute atomic E-state index is 0.181. The molecule has 0 bridgehead atoms. The van der Waals surface area contributed by atoms with E-state index in [9.17, 15) is 4.79 Å². The Labute approximate surface area is 162 Å². The van der Waals surface area contributed by atoms with E-state index in [0.29, 0.717) is 6.61 Å². The molecule has 2 aliphatic heterocycles. The quantitative estimate of drug-likeness (QED) is 0.795. The molecule has 27 heavy (non-hydrogen) atoms. The maximum absolute atomic E-state index is 12.5. The van der Waals surface area contributed by atoms with Crippen LogP contribution in [0.4, 0.5) is 5.69 Å². The zero-order valence-corrected chi connectivity index (χ0v) is 16.4. The van der Waals surface area contributed by atoms with Gasteiger partial charge in [0, 0.05) is 44.3 Å². The summed E-state index contributed by atoms with van der Waals surface area (Å²) in [5.74, 6) is 1.24. The van der Waals surface area contributed by atoms with Crippen molar-refractivity contribution >= 4 is 11.6 Å². The van der Waals surface area contributed by atoms with Crippen molar-refractivity contribution in [3.63, 3.8) is 0 Å². The molecule has 148 valence electrons. The van der Waals surface area contributed by atoms with E-state index in [4.69, 9.17) is 4.74 Å². The average molecular weight is 373 g/mol. The fourth-order valence-corrected chi connectivity index (χ4v) is 4.42. The lowest BCUT2D eigenvalue weighted by Crippen LogP contribution is -2.45. The molecule has 0 radical (unpaired) electrons. The molecule has 2 N–H and O–H groups in total. The number of piperidine rings is 1. The van der Waals surface area contributed by atoms with E-state index in [2.05, 4.69) is 27.5 Å². The van der Waals surface area contributed by atoms with E-state index < -0.39 is 0 Å². The number of piperazine rings is 1. The maximum atomic E-state index is 12.5. The fraction of sp³-hybridized carbons (Fsp3) is 0.667. The Morgan fingerprint density at radius 2 is 1.89 bits per heavy atom. The van der Waals surface area contributed by atoms with Gasteiger partial charge in [0.1, 0.15) is 12.4 Å². The van der Waals surface area contributed by atoms with Crippen molar-refractivity contribution in [2.45, 2.75) is 19.3 Å². The van der Waals surface area contributed by atoms with Crippen LogP contribution in [-0.2, 0) is 4.79 Å². The Morgan fingerprint density at radius 3 is 2.59 bits per heavy atom. The summed E-state index contributed by atoms with van der Waals surface area (Å²) in [6.45, 7) is 8.25. The summed E-state index contributed by atoms with van der Waals surface area (Å²) in [5, 5.41) is 6.47. The smallest absolute Gasteiger partial charge is 0.228 e. The highest BCUT2D eigenvalue weighted by Crippen LogP contribution is 2.58. The zero-order valence-electron chi connectivity index (χ0n) is 16.4. The Hall–Kier alpha value is -1.63. The van der Waals surface area contributed by atoms with Gasteiger partial charge in [-0.3, -0.25) is 9.69 Å². The molecule has 1 atom stereocenters. The van der Waals surface area contributed by atoms with Crippen LogP contribution in [-0.4, -0.2) is 75.2 Å². The summed E-state index contributed by atoms with van der Waals surface area (Å²) in [6, 6.07) is 7.79.